The van der Waals surface area contributed by atoms with Crippen LogP contribution in [0.15, 0.2) is 0 Å². The Balaban J connectivity index is 0.000000786. The van der Waals surface area contributed by atoms with Crippen molar-refractivity contribution < 1.29 is 42.3 Å². The Kier molecular flexibility index (Phi) is 11.2. The molecule has 0 aromatic carbocycles. The van der Waals surface area contributed by atoms with Crippen LogP contribution in [0.4, 0.5) is 25.2 Å². The van der Waals surface area contributed by atoms with Crippen LogP contribution in [0.1, 0.15) is 33.1 Å². The smallest absolute Gasteiger partial charge is 2.00 e. The average Bonchev–Trinajstić information content (AvgIpc) is 2.53. The molecule has 0 amide bonds. The summed E-state index contributed by atoms with van der Waals surface area (Å²) in [6.07, 6.45) is 3.62. The Bertz CT molecular complexity index is 406. The van der Waals surface area contributed by atoms with Gasteiger partial charge in [-0.2, -0.15) is 63.4 Å². The molecule has 2 saturated heterocycles. The first-order valence-corrected chi connectivity index (χ1v) is 11.1. The van der Waals surface area contributed by atoms with Crippen molar-refractivity contribution in [1.82, 2.24) is 0 Å². The van der Waals surface area contributed by atoms with Crippen LogP contribution in [-0.2, 0) is 17.1 Å². The molecular weight excluding hydrogens is 459 g/mol. The van der Waals surface area contributed by atoms with Crippen molar-refractivity contribution in [2.75, 3.05) is 39.3 Å². The maximum Gasteiger partial charge on any atom is 2.00 e. The van der Waals surface area contributed by atoms with E-state index in [9.17, 15) is 25.2 Å². The molecule has 4 unspecified atom stereocenters. The van der Waals surface area contributed by atoms with Gasteiger partial charge in [-0.3, -0.25) is 0 Å². The topological polar surface area (TPSA) is 70.5 Å². The largest absolute Gasteiger partial charge is 2.00 e. The van der Waals surface area contributed by atoms with Crippen molar-refractivity contribution in [3.8, 4) is 0 Å². The van der Waals surface area contributed by atoms with Gasteiger partial charge in [-0.15, -0.1) is 0 Å². The van der Waals surface area contributed by atoms with Gasteiger partial charge in [0.2, 0.25) is 0 Å². The maximum absolute atomic E-state index is 10.7. The first-order valence-electron chi connectivity index (χ1n) is 9.08. The Hall–Kier alpha value is 0.329. The van der Waals surface area contributed by atoms with E-state index in [1.807, 2.05) is 0 Å². The Morgan fingerprint density at radius 2 is 0.964 bits per heavy atom. The molecule has 2 aliphatic heterocycles. The molecule has 2 heterocycles. The number of rotatable bonds is 0. The minimum Gasteiger partial charge on any atom is 2.00 e. The summed E-state index contributed by atoms with van der Waals surface area (Å²) in [5.74, 6) is 0. The fourth-order valence-corrected chi connectivity index (χ4v) is 2.94. The summed E-state index contributed by atoms with van der Waals surface area (Å²) >= 11 is 0. The van der Waals surface area contributed by atoms with E-state index in [0.29, 0.717) is 24.2 Å². The van der Waals surface area contributed by atoms with Gasteiger partial charge < -0.3 is 26.6 Å². The van der Waals surface area contributed by atoms with Crippen molar-refractivity contribution in [3.63, 3.8) is 0 Å². The van der Waals surface area contributed by atoms with Crippen molar-refractivity contribution in [1.29, 1.82) is 0 Å². The molecule has 0 spiro atoms. The van der Waals surface area contributed by atoms with Gasteiger partial charge >= 0.3 is 50.1 Å². The van der Waals surface area contributed by atoms with Crippen LogP contribution >= 0.6 is 7.81 Å². The van der Waals surface area contributed by atoms with E-state index in [4.69, 9.17) is 16.0 Å². The van der Waals surface area contributed by atoms with E-state index >= 15 is 0 Å². The van der Waals surface area contributed by atoms with Gasteiger partial charge in [0.05, 0.1) is 0 Å². The Labute approximate surface area is 173 Å². The molecule has 2 rings (SSSR count). The number of fused-ring (bicyclic) bond motifs is 2. The predicted octanol–water partition coefficient (Wildman–Crippen LogP) is 6.95. The van der Waals surface area contributed by atoms with Crippen LogP contribution < -0.4 is 0 Å². The van der Waals surface area contributed by atoms with Crippen LogP contribution in [0, 0.1) is 0 Å². The van der Waals surface area contributed by atoms with E-state index in [1.165, 1.54) is 19.3 Å². The molecule has 0 aromatic rings. The summed E-state index contributed by atoms with van der Waals surface area (Å²) in [7, 11) is -10.7. The molecule has 13 heteroatoms. The molecule has 1 radical (unpaired) electrons. The third-order valence-corrected chi connectivity index (χ3v) is 4.26. The normalized spacial score (nSPS) is 33.4. The van der Waals surface area contributed by atoms with Gasteiger partial charge in [0.1, 0.15) is 0 Å². The third-order valence-electron chi connectivity index (χ3n) is 4.26. The van der Waals surface area contributed by atoms with Gasteiger partial charge in [-0.1, -0.05) is 33.1 Å². The van der Waals surface area contributed by atoms with Crippen molar-refractivity contribution in [3.05, 3.63) is 26.6 Å². The number of nitrogens with zero attached hydrogens (tertiary/aromatic N) is 5. The van der Waals surface area contributed by atoms with Gasteiger partial charge in [-0.25, -0.2) is 0 Å². The summed E-state index contributed by atoms with van der Waals surface area (Å²) in [4.78, 5) is 0. The fraction of sp³-hybridized carbons (Fsp3) is 1.00. The number of halogens is 6. The summed E-state index contributed by atoms with van der Waals surface area (Å²) in [6, 6.07) is 1.44. The first kappa shape index (κ1) is 28.3. The predicted molar refractivity (Wildman–Crippen MR) is 99.9 cm³/mol. The Morgan fingerprint density at radius 1 is 0.643 bits per heavy atom. The van der Waals surface area contributed by atoms with Crippen LogP contribution in [0.5, 0.6) is 0 Å². The summed E-state index contributed by atoms with van der Waals surface area (Å²) in [5.41, 5.74) is 0. The minimum absolute atomic E-state index is 0. The van der Waals surface area contributed by atoms with Crippen LogP contribution in [0.25, 0.3) is 26.6 Å². The summed E-state index contributed by atoms with van der Waals surface area (Å²) in [6.45, 7) is 9.38. The molecule has 2 fully saturated rings. The van der Waals surface area contributed by atoms with E-state index < -0.39 is 7.81 Å². The second-order valence-corrected chi connectivity index (χ2v) is 8.72. The molecular formula is C15H28CuF6N5P-4. The molecule has 2 aliphatic rings. The van der Waals surface area contributed by atoms with Gasteiger partial charge in [0.15, 0.2) is 0 Å². The van der Waals surface area contributed by atoms with Crippen LogP contribution in [0.2, 0.25) is 0 Å². The minimum atomic E-state index is -10.7. The van der Waals surface area contributed by atoms with E-state index in [0.717, 1.165) is 39.3 Å². The van der Waals surface area contributed by atoms with Crippen LogP contribution in [0.3, 0.4) is 0 Å². The van der Waals surface area contributed by atoms with E-state index in [1.54, 1.807) is 0 Å². The molecule has 0 aromatic heterocycles. The van der Waals surface area contributed by atoms with Crippen molar-refractivity contribution >= 4 is 7.81 Å². The van der Waals surface area contributed by atoms with Crippen molar-refractivity contribution in [2.45, 2.75) is 57.3 Å². The molecule has 175 valence electrons. The molecule has 0 aliphatic carbocycles. The van der Waals surface area contributed by atoms with Gasteiger partial charge in [0.25, 0.3) is 0 Å². The van der Waals surface area contributed by atoms with E-state index in [-0.39, 0.29) is 17.1 Å². The average molecular weight is 487 g/mol. The third kappa shape index (κ3) is 17.2. The zero-order valence-electron chi connectivity index (χ0n) is 15.9. The monoisotopic (exact) mass is 486 g/mol. The van der Waals surface area contributed by atoms with Crippen LogP contribution in [-0.4, -0.2) is 63.4 Å². The fourth-order valence-electron chi connectivity index (χ4n) is 2.94. The quantitative estimate of drug-likeness (QED) is 0.202. The second kappa shape index (κ2) is 11.1. The SMILES string of the molecule is CC1[N-]CC[N-]CC[N-]CC[N-]C(C)C2CCCC1[N-]2.F[P-](F)(F)(F)(F)F.[Cu+2]. The first-order chi connectivity index (χ1) is 12.2. The molecule has 2 bridgehead atoms. The Morgan fingerprint density at radius 3 is 1.32 bits per heavy atom. The summed E-state index contributed by atoms with van der Waals surface area (Å²) in [5, 5.41) is 23.4. The molecule has 0 N–H and O–H groups in total. The maximum atomic E-state index is 9.87. The van der Waals surface area contributed by atoms with Gasteiger partial charge in [-0.05, 0) is 0 Å². The molecule has 5 nitrogen and oxygen atoms in total. The summed E-state index contributed by atoms with van der Waals surface area (Å²) < 4.78 is 59.2. The van der Waals surface area contributed by atoms with Crippen molar-refractivity contribution in [2.24, 2.45) is 0 Å². The van der Waals surface area contributed by atoms with E-state index in [2.05, 4.69) is 24.5 Å². The number of hydrogen-bond donors (Lipinski definition) is 0. The zero-order valence-corrected chi connectivity index (χ0v) is 17.8. The molecule has 0 saturated carbocycles. The molecule has 4 atom stereocenters. The number of piperidine rings is 1. The number of hydrogen-bond acceptors (Lipinski definition) is 0. The molecule has 28 heavy (non-hydrogen) atoms. The zero-order chi connectivity index (χ0) is 20.6. The second-order valence-electron chi connectivity index (χ2n) is 6.81. The van der Waals surface area contributed by atoms with Gasteiger partial charge in [0, 0.05) is 0 Å². The standard InChI is InChI=1S/C15H28N5.Cu.F6P/c1-12-14-4-3-5-15(20-14)13(2)19-11-9-17-7-6-16-8-10-18-12;;1-7(2,3,4,5)6/h12-15H,3-11H2,1-2H3;;/q-5;+2;-1.